The molecule has 0 spiro atoms. The fourth-order valence-corrected chi connectivity index (χ4v) is 2.78. The van der Waals surface area contributed by atoms with Gasteiger partial charge in [0.05, 0.1) is 25.2 Å². The first-order chi connectivity index (χ1) is 11.0. The van der Waals surface area contributed by atoms with E-state index in [-0.39, 0.29) is 31.4 Å². The lowest BCUT2D eigenvalue weighted by molar-refractivity contribution is 0.0671. The van der Waals surface area contributed by atoms with Gasteiger partial charge in [0.25, 0.3) is 11.8 Å². The topological polar surface area (TPSA) is 133 Å². The zero-order chi connectivity index (χ0) is 16.1. The van der Waals surface area contributed by atoms with Crippen LogP contribution in [0.1, 0.15) is 33.5 Å². The number of nitrogens with zero attached hydrogens (tertiary/aromatic N) is 4. The van der Waals surface area contributed by atoms with E-state index in [0.717, 1.165) is 4.90 Å². The van der Waals surface area contributed by atoms with Gasteiger partial charge in [-0.05, 0) is 11.6 Å². The Morgan fingerprint density at radius 1 is 1.13 bits per heavy atom. The molecule has 0 bridgehead atoms. The highest BCUT2D eigenvalue weighted by molar-refractivity contribution is 5.90. The Morgan fingerprint density at radius 2 is 1.91 bits per heavy atom. The van der Waals surface area contributed by atoms with E-state index in [0.29, 0.717) is 35.7 Å². The molecule has 0 saturated carbocycles. The SMILES string of the molecule is O=C(O)N1Cc2nc(C(=O)N3CCc4c(O)noc4C3)oc2C1. The van der Waals surface area contributed by atoms with Gasteiger partial charge in [0.1, 0.15) is 11.5 Å². The summed E-state index contributed by atoms with van der Waals surface area (Å²) in [5.74, 6) is 0.231. The molecule has 0 aromatic carbocycles. The van der Waals surface area contributed by atoms with Crippen molar-refractivity contribution < 1.29 is 28.7 Å². The third-order valence-electron chi connectivity index (χ3n) is 4.01. The first kappa shape index (κ1) is 13.6. The fourth-order valence-electron chi connectivity index (χ4n) is 2.78. The van der Waals surface area contributed by atoms with Crippen LogP contribution in [-0.4, -0.2) is 48.7 Å². The lowest BCUT2D eigenvalue weighted by atomic mass is 10.1. The number of rotatable bonds is 1. The number of fused-ring (bicyclic) bond motifs is 2. The molecule has 0 unspecified atom stereocenters. The Bertz CT molecular complexity index is 786. The molecular weight excluding hydrogens is 308 g/mol. The molecule has 0 fully saturated rings. The molecule has 10 heteroatoms. The summed E-state index contributed by atoms with van der Waals surface area (Å²) in [6, 6.07) is 0. The van der Waals surface area contributed by atoms with Crippen molar-refractivity contribution in [2.45, 2.75) is 26.1 Å². The maximum absolute atomic E-state index is 12.5. The van der Waals surface area contributed by atoms with Crippen molar-refractivity contribution in [3.8, 4) is 5.88 Å². The van der Waals surface area contributed by atoms with Crippen LogP contribution < -0.4 is 0 Å². The Labute approximate surface area is 128 Å². The quantitative estimate of drug-likeness (QED) is 0.778. The minimum atomic E-state index is -1.06. The number of carbonyl (C=O) groups excluding carboxylic acids is 1. The lowest BCUT2D eigenvalue weighted by Crippen LogP contribution is -2.35. The lowest BCUT2D eigenvalue weighted by Gasteiger charge is -2.23. The highest BCUT2D eigenvalue weighted by atomic mass is 16.5. The van der Waals surface area contributed by atoms with Crippen LogP contribution in [0, 0.1) is 0 Å². The minimum Gasteiger partial charge on any atom is -0.491 e. The maximum Gasteiger partial charge on any atom is 0.408 e. The van der Waals surface area contributed by atoms with Gasteiger partial charge in [0, 0.05) is 6.54 Å². The number of hydrogen-bond acceptors (Lipinski definition) is 7. The third-order valence-corrected chi connectivity index (χ3v) is 4.01. The molecule has 2 aromatic heterocycles. The van der Waals surface area contributed by atoms with E-state index in [2.05, 4.69) is 10.1 Å². The minimum absolute atomic E-state index is 0.0628. The highest BCUT2D eigenvalue weighted by Crippen LogP contribution is 2.28. The Kier molecular flexibility index (Phi) is 2.80. The number of carbonyl (C=O) groups is 2. The van der Waals surface area contributed by atoms with Gasteiger partial charge in [-0.15, -0.1) is 0 Å². The number of aromatic hydroxyl groups is 1. The zero-order valence-electron chi connectivity index (χ0n) is 11.9. The maximum atomic E-state index is 12.5. The summed E-state index contributed by atoms with van der Waals surface area (Å²) < 4.78 is 10.4. The van der Waals surface area contributed by atoms with Crippen LogP contribution in [-0.2, 0) is 26.1 Å². The number of oxazole rings is 1. The van der Waals surface area contributed by atoms with Crippen LogP contribution in [0.25, 0.3) is 0 Å². The number of aromatic nitrogens is 2. The molecule has 2 aliphatic heterocycles. The molecule has 23 heavy (non-hydrogen) atoms. The van der Waals surface area contributed by atoms with Crippen molar-refractivity contribution in [1.82, 2.24) is 19.9 Å². The van der Waals surface area contributed by atoms with Gasteiger partial charge in [-0.1, -0.05) is 0 Å². The molecule has 0 aliphatic carbocycles. The predicted molar refractivity (Wildman–Crippen MR) is 70.4 cm³/mol. The normalized spacial score (nSPS) is 16.3. The van der Waals surface area contributed by atoms with Crippen molar-refractivity contribution in [2.24, 2.45) is 0 Å². The van der Waals surface area contributed by atoms with Crippen molar-refractivity contribution in [1.29, 1.82) is 0 Å². The average molecular weight is 320 g/mol. The van der Waals surface area contributed by atoms with E-state index < -0.39 is 12.0 Å². The Balaban J connectivity index is 1.51. The molecule has 2 N–H and O–H groups in total. The van der Waals surface area contributed by atoms with E-state index in [4.69, 9.17) is 14.0 Å². The first-order valence-electron chi connectivity index (χ1n) is 6.95. The van der Waals surface area contributed by atoms with Crippen LogP contribution >= 0.6 is 0 Å². The van der Waals surface area contributed by atoms with Crippen molar-refractivity contribution in [3.05, 3.63) is 28.7 Å². The second kappa shape index (κ2) is 4.73. The largest absolute Gasteiger partial charge is 0.491 e. The summed E-state index contributed by atoms with van der Waals surface area (Å²) in [7, 11) is 0. The van der Waals surface area contributed by atoms with Gasteiger partial charge >= 0.3 is 12.0 Å². The van der Waals surface area contributed by atoms with Crippen LogP contribution in [0.15, 0.2) is 8.94 Å². The molecule has 4 rings (SSSR count). The molecule has 2 aliphatic rings. The van der Waals surface area contributed by atoms with Gasteiger partial charge in [-0.3, -0.25) is 9.69 Å². The van der Waals surface area contributed by atoms with E-state index in [1.54, 1.807) is 0 Å². The van der Waals surface area contributed by atoms with Crippen molar-refractivity contribution in [2.75, 3.05) is 6.54 Å². The van der Waals surface area contributed by atoms with Crippen LogP contribution in [0.2, 0.25) is 0 Å². The van der Waals surface area contributed by atoms with Crippen LogP contribution in [0.3, 0.4) is 0 Å². The Morgan fingerprint density at radius 3 is 2.65 bits per heavy atom. The van der Waals surface area contributed by atoms with Crippen molar-refractivity contribution >= 4 is 12.0 Å². The van der Waals surface area contributed by atoms with Crippen LogP contribution in [0.5, 0.6) is 5.88 Å². The standard InChI is InChI=1S/C13H12N4O6/c18-10-6-1-2-16(4-8(6)23-15-10)12(19)11-14-7-3-17(13(20)21)5-9(7)22-11/h1-5H2,(H,15,18)(H,20,21). The zero-order valence-corrected chi connectivity index (χ0v) is 11.9. The summed E-state index contributed by atoms with van der Waals surface area (Å²) in [6.45, 7) is 0.761. The molecular formula is C13H12N4O6. The van der Waals surface area contributed by atoms with E-state index in [1.165, 1.54) is 4.90 Å². The average Bonchev–Trinajstić information content (AvgIpc) is 3.19. The molecule has 2 aromatic rings. The Hall–Kier alpha value is -3.04. The van der Waals surface area contributed by atoms with Gasteiger partial charge in [-0.2, -0.15) is 0 Å². The summed E-state index contributed by atoms with van der Waals surface area (Å²) in [5, 5.41) is 21.9. The summed E-state index contributed by atoms with van der Waals surface area (Å²) in [6.07, 6.45) is -0.622. The van der Waals surface area contributed by atoms with Gasteiger partial charge in [-0.25, -0.2) is 9.78 Å². The number of hydrogen-bond donors (Lipinski definition) is 2. The summed E-state index contributed by atoms with van der Waals surface area (Å²) >= 11 is 0. The summed E-state index contributed by atoms with van der Waals surface area (Å²) in [4.78, 5) is 30.1. The molecule has 4 heterocycles. The van der Waals surface area contributed by atoms with Gasteiger partial charge in [0.2, 0.25) is 0 Å². The van der Waals surface area contributed by atoms with Gasteiger partial charge < -0.3 is 24.1 Å². The monoisotopic (exact) mass is 320 g/mol. The fraction of sp³-hybridized carbons (Fsp3) is 0.385. The van der Waals surface area contributed by atoms with E-state index in [9.17, 15) is 14.7 Å². The highest BCUT2D eigenvalue weighted by Gasteiger charge is 2.33. The molecule has 2 amide bonds. The molecule has 120 valence electrons. The first-order valence-corrected chi connectivity index (χ1v) is 6.95. The molecule has 0 radical (unpaired) electrons. The second-order valence-corrected chi connectivity index (χ2v) is 5.41. The summed E-state index contributed by atoms with van der Waals surface area (Å²) in [5.41, 5.74) is 1.08. The smallest absolute Gasteiger partial charge is 0.408 e. The number of amides is 2. The third kappa shape index (κ3) is 2.10. The molecule has 10 nitrogen and oxygen atoms in total. The van der Waals surface area contributed by atoms with E-state index in [1.807, 2.05) is 0 Å². The second-order valence-electron chi connectivity index (χ2n) is 5.41. The van der Waals surface area contributed by atoms with E-state index >= 15 is 0 Å². The molecule has 0 saturated heterocycles. The molecule has 0 atom stereocenters. The van der Waals surface area contributed by atoms with Crippen molar-refractivity contribution in [3.63, 3.8) is 0 Å². The number of carboxylic acid groups (broad SMARTS) is 1. The van der Waals surface area contributed by atoms with Crippen LogP contribution in [0.4, 0.5) is 4.79 Å². The van der Waals surface area contributed by atoms with Gasteiger partial charge in [0.15, 0.2) is 5.76 Å². The predicted octanol–water partition coefficient (Wildman–Crippen LogP) is 0.560.